The van der Waals surface area contributed by atoms with E-state index in [1.54, 1.807) is 12.1 Å². The fraction of sp³-hybridized carbons (Fsp3) is 0.412. The number of nitrogens with one attached hydrogen (secondary N) is 2. The third-order valence-electron chi connectivity index (χ3n) is 4.49. The van der Waals surface area contributed by atoms with Crippen LogP contribution in [0, 0.1) is 5.82 Å². The minimum absolute atomic E-state index is 0.224. The van der Waals surface area contributed by atoms with Crippen LogP contribution in [0.3, 0.4) is 0 Å². The molecule has 5 nitrogen and oxygen atoms in total. The summed E-state index contributed by atoms with van der Waals surface area (Å²) in [7, 11) is 1.46. The van der Waals surface area contributed by atoms with Crippen LogP contribution in [-0.2, 0) is 5.54 Å². The van der Waals surface area contributed by atoms with Gasteiger partial charge in [0.15, 0.2) is 11.6 Å². The average molecular weight is 319 g/mol. The van der Waals surface area contributed by atoms with Crippen LogP contribution in [0.4, 0.5) is 4.39 Å². The zero-order valence-corrected chi connectivity index (χ0v) is 13.3. The van der Waals surface area contributed by atoms with Crippen LogP contribution in [0.5, 0.6) is 5.75 Å². The summed E-state index contributed by atoms with van der Waals surface area (Å²) in [6, 6.07) is 4.90. The molecule has 2 heterocycles. The average Bonchev–Trinajstić information content (AvgIpc) is 3.02. The van der Waals surface area contributed by atoms with Gasteiger partial charge in [0.05, 0.1) is 12.6 Å². The van der Waals surface area contributed by atoms with E-state index in [2.05, 4.69) is 10.6 Å². The molecule has 1 aromatic carbocycles. The van der Waals surface area contributed by atoms with Gasteiger partial charge in [0, 0.05) is 26.0 Å². The van der Waals surface area contributed by atoms with Crippen molar-refractivity contribution in [2.75, 3.05) is 26.9 Å². The number of aliphatic hydroxyl groups is 1. The lowest BCUT2D eigenvalue weighted by molar-refractivity contribution is 0.0488. The molecule has 0 amide bonds. The van der Waals surface area contributed by atoms with Crippen molar-refractivity contribution in [3.8, 4) is 5.75 Å². The minimum Gasteiger partial charge on any atom is -0.494 e. The first kappa shape index (κ1) is 16.0. The predicted octanol–water partition coefficient (Wildman–Crippen LogP) is 1.27. The second kappa shape index (κ2) is 6.31. The van der Waals surface area contributed by atoms with Crippen molar-refractivity contribution >= 4 is 0 Å². The van der Waals surface area contributed by atoms with Crippen molar-refractivity contribution in [2.45, 2.75) is 18.7 Å². The van der Waals surface area contributed by atoms with Gasteiger partial charge in [-0.2, -0.15) is 0 Å². The van der Waals surface area contributed by atoms with E-state index in [1.165, 1.54) is 13.2 Å². The molecule has 0 aliphatic carbocycles. The summed E-state index contributed by atoms with van der Waals surface area (Å²) in [6.07, 6.45) is 5.04. The molecule has 0 bridgehead atoms. The van der Waals surface area contributed by atoms with Crippen LogP contribution >= 0.6 is 0 Å². The number of methoxy groups -OCH3 is 1. The van der Waals surface area contributed by atoms with Crippen LogP contribution in [0.25, 0.3) is 0 Å². The van der Waals surface area contributed by atoms with E-state index in [0.717, 1.165) is 11.1 Å². The van der Waals surface area contributed by atoms with E-state index < -0.39 is 11.8 Å². The monoisotopic (exact) mass is 319 g/mol. The van der Waals surface area contributed by atoms with Crippen LogP contribution in [-0.4, -0.2) is 43.1 Å². The molecule has 2 aliphatic heterocycles. The van der Waals surface area contributed by atoms with E-state index >= 15 is 0 Å². The number of ether oxygens (including phenoxy) is 1. The number of aliphatic hydroxyl groups excluding tert-OH is 1. The standard InChI is InChI=1S/C17H22FN3O2/c1-12-4-3-7-21(16(12)22)10-17(9-19-11-20-17)13-5-6-14(18)15(8-13)23-2/h3-8,16,19-20,22H,9-11H2,1-2H3. The molecule has 124 valence electrons. The van der Waals surface area contributed by atoms with Crippen LogP contribution in [0.2, 0.25) is 0 Å². The van der Waals surface area contributed by atoms with Crippen molar-refractivity contribution in [3.05, 3.63) is 53.5 Å². The molecule has 1 saturated heterocycles. The molecule has 0 saturated carbocycles. The quantitative estimate of drug-likeness (QED) is 0.780. The topological polar surface area (TPSA) is 56.8 Å². The van der Waals surface area contributed by atoms with E-state index in [4.69, 9.17) is 4.74 Å². The smallest absolute Gasteiger partial charge is 0.165 e. The summed E-state index contributed by atoms with van der Waals surface area (Å²) in [5.41, 5.74) is 1.39. The van der Waals surface area contributed by atoms with E-state index in [9.17, 15) is 9.50 Å². The first-order valence-corrected chi connectivity index (χ1v) is 7.64. The third-order valence-corrected chi connectivity index (χ3v) is 4.49. The fourth-order valence-electron chi connectivity index (χ4n) is 3.12. The number of hydrogen-bond acceptors (Lipinski definition) is 5. The normalized spacial score (nSPS) is 27.2. The van der Waals surface area contributed by atoms with Gasteiger partial charge < -0.3 is 20.1 Å². The molecule has 1 aromatic rings. The van der Waals surface area contributed by atoms with Crippen LogP contribution in [0.15, 0.2) is 42.1 Å². The molecule has 6 heteroatoms. The van der Waals surface area contributed by atoms with Gasteiger partial charge in [-0.15, -0.1) is 0 Å². The van der Waals surface area contributed by atoms with E-state index in [-0.39, 0.29) is 11.6 Å². The molecule has 0 spiro atoms. The number of nitrogens with zero attached hydrogens (tertiary/aromatic N) is 1. The van der Waals surface area contributed by atoms with Crippen molar-refractivity contribution in [1.82, 2.24) is 15.5 Å². The molecule has 3 rings (SSSR count). The SMILES string of the molecule is COc1cc(C2(CN3C=CC=C(C)C3O)CNCN2)ccc1F. The Kier molecular flexibility index (Phi) is 4.39. The molecule has 0 aromatic heterocycles. The lowest BCUT2D eigenvalue weighted by Gasteiger charge is -2.38. The highest BCUT2D eigenvalue weighted by molar-refractivity contribution is 5.36. The highest BCUT2D eigenvalue weighted by Crippen LogP contribution is 2.30. The Hall–Kier alpha value is -1.89. The molecule has 3 N–H and O–H groups in total. The Morgan fingerprint density at radius 3 is 3.00 bits per heavy atom. The minimum atomic E-state index is -0.651. The van der Waals surface area contributed by atoms with Gasteiger partial charge in [0.1, 0.15) is 6.23 Å². The maximum absolute atomic E-state index is 13.7. The molecule has 2 atom stereocenters. The highest BCUT2D eigenvalue weighted by Gasteiger charge is 2.38. The zero-order chi connectivity index (χ0) is 16.4. The van der Waals surface area contributed by atoms with Crippen molar-refractivity contribution < 1.29 is 14.2 Å². The molecule has 2 unspecified atom stereocenters. The Bertz CT molecular complexity index is 639. The molecular formula is C17H22FN3O2. The Morgan fingerprint density at radius 2 is 2.30 bits per heavy atom. The third kappa shape index (κ3) is 2.97. The van der Waals surface area contributed by atoms with Gasteiger partial charge in [-0.05, 0) is 36.3 Å². The lowest BCUT2D eigenvalue weighted by Crippen LogP contribution is -2.51. The maximum Gasteiger partial charge on any atom is 0.165 e. The van der Waals surface area contributed by atoms with E-state index in [1.807, 2.05) is 30.2 Å². The Labute approximate surface area is 135 Å². The maximum atomic E-state index is 13.7. The van der Waals surface area contributed by atoms with Gasteiger partial charge in [0.2, 0.25) is 0 Å². The van der Waals surface area contributed by atoms with Crippen molar-refractivity contribution in [2.24, 2.45) is 0 Å². The van der Waals surface area contributed by atoms with Gasteiger partial charge in [0.25, 0.3) is 0 Å². The summed E-state index contributed by atoms with van der Waals surface area (Å²) < 4.78 is 18.8. The Balaban J connectivity index is 1.91. The fourth-order valence-corrected chi connectivity index (χ4v) is 3.12. The number of halogens is 1. The molecule has 1 fully saturated rings. The summed E-state index contributed by atoms with van der Waals surface area (Å²) in [4.78, 5) is 1.88. The summed E-state index contributed by atoms with van der Waals surface area (Å²) in [6.45, 7) is 3.79. The molecule has 23 heavy (non-hydrogen) atoms. The second-order valence-electron chi connectivity index (χ2n) is 6.01. The summed E-state index contributed by atoms with van der Waals surface area (Å²) >= 11 is 0. The van der Waals surface area contributed by atoms with E-state index in [0.29, 0.717) is 19.8 Å². The van der Waals surface area contributed by atoms with Gasteiger partial charge >= 0.3 is 0 Å². The summed E-state index contributed by atoms with van der Waals surface area (Å²) in [5.74, 6) is -0.157. The summed E-state index contributed by atoms with van der Waals surface area (Å²) in [5, 5.41) is 17.1. The molecule has 0 radical (unpaired) electrons. The van der Waals surface area contributed by atoms with Crippen LogP contribution < -0.4 is 15.4 Å². The number of allylic oxidation sites excluding steroid dienone is 2. The number of hydrogen-bond donors (Lipinski definition) is 3. The van der Waals surface area contributed by atoms with Crippen LogP contribution in [0.1, 0.15) is 12.5 Å². The number of benzene rings is 1. The van der Waals surface area contributed by atoms with Gasteiger partial charge in [-0.1, -0.05) is 12.1 Å². The largest absolute Gasteiger partial charge is 0.494 e. The van der Waals surface area contributed by atoms with Crippen molar-refractivity contribution in [3.63, 3.8) is 0 Å². The first-order valence-electron chi connectivity index (χ1n) is 7.64. The highest BCUT2D eigenvalue weighted by atomic mass is 19.1. The van der Waals surface area contributed by atoms with Gasteiger partial charge in [-0.25, -0.2) is 4.39 Å². The van der Waals surface area contributed by atoms with Crippen molar-refractivity contribution in [1.29, 1.82) is 0 Å². The van der Waals surface area contributed by atoms with Gasteiger partial charge in [-0.3, -0.25) is 5.32 Å². The molecular weight excluding hydrogens is 297 g/mol. The predicted molar refractivity (Wildman–Crippen MR) is 86.2 cm³/mol. The zero-order valence-electron chi connectivity index (χ0n) is 13.3. The second-order valence-corrected chi connectivity index (χ2v) is 6.01. The lowest BCUT2D eigenvalue weighted by atomic mass is 9.89. The first-order chi connectivity index (χ1) is 11.1. The molecule has 2 aliphatic rings. The number of rotatable bonds is 4. The Morgan fingerprint density at radius 1 is 1.48 bits per heavy atom.